The third-order valence-corrected chi connectivity index (χ3v) is 3.80. The number of nitrogens with zero attached hydrogens (tertiary/aromatic N) is 1. The number of likely N-dealkylation sites (N-methyl/N-ethyl adjacent to an activating group) is 1. The van der Waals surface area contributed by atoms with E-state index in [2.05, 4.69) is 10.6 Å². The largest absolute Gasteiger partial charge is 0.495 e. The third-order valence-electron chi connectivity index (χ3n) is 3.80. The second-order valence-corrected chi connectivity index (χ2v) is 5.48. The number of benzene rings is 1. The van der Waals surface area contributed by atoms with Gasteiger partial charge >= 0.3 is 0 Å². The SMILES string of the molecule is CNCCNC(=O)C1CC(=O)N(c2cc(C)ccc2OC)C1.Cl. The number of nitrogens with one attached hydrogen (secondary N) is 2. The molecule has 2 rings (SSSR count). The van der Waals surface area contributed by atoms with Crippen molar-refractivity contribution in [3.05, 3.63) is 23.8 Å². The highest BCUT2D eigenvalue weighted by atomic mass is 35.5. The van der Waals surface area contributed by atoms with Crippen molar-refractivity contribution in [3.63, 3.8) is 0 Å². The molecule has 0 aromatic heterocycles. The van der Waals surface area contributed by atoms with Gasteiger partial charge in [0.2, 0.25) is 11.8 Å². The number of ether oxygens (including phenoxy) is 1. The molecule has 1 fully saturated rings. The van der Waals surface area contributed by atoms with Gasteiger partial charge < -0.3 is 20.3 Å². The van der Waals surface area contributed by atoms with Gasteiger partial charge in [0.15, 0.2) is 0 Å². The smallest absolute Gasteiger partial charge is 0.227 e. The van der Waals surface area contributed by atoms with Gasteiger partial charge in [-0.15, -0.1) is 12.4 Å². The van der Waals surface area contributed by atoms with Crippen LogP contribution in [-0.4, -0.2) is 45.6 Å². The molecule has 1 aromatic carbocycles. The Morgan fingerprint density at radius 1 is 1.39 bits per heavy atom. The molecule has 1 unspecified atom stereocenters. The van der Waals surface area contributed by atoms with Crippen LogP contribution in [0.3, 0.4) is 0 Å². The summed E-state index contributed by atoms with van der Waals surface area (Å²) in [5.41, 5.74) is 1.78. The highest BCUT2D eigenvalue weighted by Gasteiger charge is 2.36. The Morgan fingerprint density at radius 3 is 2.78 bits per heavy atom. The zero-order chi connectivity index (χ0) is 16.1. The summed E-state index contributed by atoms with van der Waals surface area (Å²) >= 11 is 0. The fraction of sp³-hybridized carbons (Fsp3) is 0.500. The van der Waals surface area contributed by atoms with Gasteiger partial charge in [0.05, 0.1) is 18.7 Å². The van der Waals surface area contributed by atoms with Crippen molar-refractivity contribution >= 4 is 29.9 Å². The highest BCUT2D eigenvalue weighted by Crippen LogP contribution is 2.33. The number of halogens is 1. The second kappa shape index (κ2) is 8.74. The number of carbonyl (C=O) groups excluding carboxylic acids is 2. The van der Waals surface area contributed by atoms with Crippen LogP contribution in [-0.2, 0) is 9.59 Å². The van der Waals surface area contributed by atoms with Gasteiger partial charge in [0, 0.05) is 26.1 Å². The molecule has 1 aliphatic heterocycles. The lowest BCUT2D eigenvalue weighted by Crippen LogP contribution is -2.36. The minimum absolute atomic E-state index is 0. The zero-order valence-corrected chi connectivity index (χ0v) is 14.5. The van der Waals surface area contributed by atoms with E-state index in [-0.39, 0.29) is 36.6 Å². The lowest BCUT2D eigenvalue weighted by atomic mass is 10.1. The molecule has 1 aromatic rings. The molecule has 2 amide bonds. The van der Waals surface area contributed by atoms with Crippen LogP contribution in [0.15, 0.2) is 18.2 Å². The molecule has 1 atom stereocenters. The van der Waals surface area contributed by atoms with Crippen LogP contribution < -0.4 is 20.3 Å². The van der Waals surface area contributed by atoms with Crippen molar-refractivity contribution in [3.8, 4) is 5.75 Å². The maximum Gasteiger partial charge on any atom is 0.227 e. The lowest BCUT2D eigenvalue weighted by Gasteiger charge is -2.20. The van der Waals surface area contributed by atoms with Crippen molar-refractivity contribution in [1.29, 1.82) is 0 Å². The van der Waals surface area contributed by atoms with E-state index in [0.717, 1.165) is 11.3 Å². The normalized spacial score (nSPS) is 16.9. The van der Waals surface area contributed by atoms with Crippen LogP contribution in [0.1, 0.15) is 12.0 Å². The molecule has 6 nitrogen and oxygen atoms in total. The Bertz CT molecular complexity index is 566. The summed E-state index contributed by atoms with van der Waals surface area (Å²) in [5, 5.41) is 5.82. The fourth-order valence-electron chi connectivity index (χ4n) is 2.58. The topological polar surface area (TPSA) is 70.7 Å². The van der Waals surface area contributed by atoms with E-state index >= 15 is 0 Å². The van der Waals surface area contributed by atoms with Gasteiger partial charge in [0.1, 0.15) is 5.75 Å². The molecule has 2 N–H and O–H groups in total. The van der Waals surface area contributed by atoms with Gasteiger partial charge in [0.25, 0.3) is 0 Å². The molecule has 23 heavy (non-hydrogen) atoms. The van der Waals surface area contributed by atoms with E-state index < -0.39 is 0 Å². The standard InChI is InChI=1S/C16H23N3O3.ClH/c1-11-4-5-14(22-3)13(8-11)19-10-12(9-15(19)20)16(21)18-7-6-17-2;/h4-5,8,12,17H,6-7,9-10H2,1-3H3,(H,18,21);1H. The molecule has 0 radical (unpaired) electrons. The number of carbonyl (C=O) groups is 2. The number of hydrogen-bond acceptors (Lipinski definition) is 4. The van der Waals surface area contributed by atoms with E-state index in [1.54, 1.807) is 12.0 Å². The van der Waals surface area contributed by atoms with Gasteiger partial charge in [-0.05, 0) is 31.7 Å². The average Bonchev–Trinajstić information content (AvgIpc) is 2.89. The summed E-state index contributed by atoms with van der Waals surface area (Å²) in [7, 11) is 3.41. The van der Waals surface area contributed by atoms with E-state index in [4.69, 9.17) is 4.74 Å². The van der Waals surface area contributed by atoms with Crippen molar-refractivity contribution in [2.24, 2.45) is 5.92 Å². The van der Waals surface area contributed by atoms with Crippen molar-refractivity contribution in [2.75, 3.05) is 38.7 Å². The highest BCUT2D eigenvalue weighted by molar-refractivity contribution is 6.01. The van der Waals surface area contributed by atoms with Crippen LogP contribution in [0.2, 0.25) is 0 Å². The number of aryl methyl sites for hydroxylation is 1. The first-order valence-corrected chi connectivity index (χ1v) is 7.44. The average molecular weight is 342 g/mol. The second-order valence-electron chi connectivity index (χ2n) is 5.48. The van der Waals surface area contributed by atoms with Gasteiger partial charge in [-0.1, -0.05) is 6.07 Å². The minimum atomic E-state index is -0.311. The molecule has 128 valence electrons. The fourth-order valence-corrected chi connectivity index (χ4v) is 2.58. The van der Waals surface area contributed by atoms with Gasteiger partial charge in [-0.3, -0.25) is 9.59 Å². The number of amides is 2. The predicted octanol–water partition coefficient (Wildman–Crippen LogP) is 1.11. The minimum Gasteiger partial charge on any atom is -0.495 e. The number of anilines is 1. The summed E-state index contributed by atoms with van der Waals surface area (Å²) in [6.07, 6.45) is 0.239. The molecule has 1 heterocycles. The van der Waals surface area contributed by atoms with Crippen molar-refractivity contribution in [2.45, 2.75) is 13.3 Å². The van der Waals surface area contributed by atoms with E-state index in [0.29, 0.717) is 25.4 Å². The van der Waals surface area contributed by atoms with Gasteiger partial charge in [-0.2, -0.15) is 0 Å². The molecule has 0 aliphatic carbocycles. The van der Waals surface area contributed by atoms with Crippen LogP contribution in [0.25, 0.3) is 0 Å². The molecular weight excluding hydrogens is 318 g/mol. The predicted molar refractivity (Wildman–Crippen MR) is 92.4 cm³/mol. The van der Waals surface area contributed by atoms with E-state index in [1.165, 1.54) is 0 Å². The molecule has 7 heteroatoms. The number of hydrogen-bond donors (Lipinski definition) is 2. The van der Waals surface area contributed by atoms with E-state index in [1.807, 2.05) is 32.2 Å². The third kappa shape index (κ3) is 4.59. The summed E-state index contributed by atoms with van der Waals surface area (Å²) in [4.78, 5) is 26.0. The quantitative estimate of drug-likeness (QED) is 0.761. The zero-order valence-electron chi connectivity index (χ0n) is 13.7. The molecule has 1 aliphatic rings. The maximum absolute atomic E-state index is 12.3. The Labute approximate surface area is 143 Å². The molecule has 0 bridgehead atoms. The van der Waals surface area contributed by atoms with E-state index in [9.17, 15) is 9.59 Å². The first kappa shape index (κ1) is 19.3. The number of rotatable bonds is 6. The molecular formula is C16H24ClN3O3. The van der Waals surface area contributed by atoms with Crippen LogP contribution in [0.5, 0.6) is 5.75 Å². The maximum atomic E-state index is 12.3. The summed E-state index contributed by atoms with van der Waals surface area (Å²) < 4.78 is 5.33. The monoisotopic (exact) mass is 341 g/mol. The Morgan fingerprint density at radius 2 is 2.13 bits per heavy atom. The Kier molecular flexibility index (Phi) is 7.32. The van der Waals surface area contributed by atoms with Crippen LogP contribution in [0.4, 0.5) is 5.69 Å². The Hall–Kier alpha value is -1.79. The summed E-state index contributed by atoms with van der Waals surface area (Å²) in [6, 6.07) is 5.70. The first-order valence-electron chi connectivity index (χ1n) is 7.44. The molecule has 0 spiro atoms. The first-order chi connectivity index (χ1) is 10.6. The Balaban J connectivity index is 0.00000264. The summed E-state index contributed by atoms with van der Waals surface area (Å²) in [6.45, 7) is 3.63. The van der Waals surface area contributed by atoms with Crippen molar-refractivity contribution in [1.82, 2.24) is 10.6 Å². The molecule has 0 saturated carbocycles. The molecule has 1 saturated heterocycles. The lowest BCUT2D eigenvalue weighted by molar-refractivity contribution is -0.126. The number of methoxy groups -OCH3 is 1. The van der Waals surface area contributed by atoms with Crippen molar-refractivity contribution < 1.29 is 14.3 Å². The van der Waals surface area contributed by atoms with Crippen LogP contribution >= 0.6 is 12.4 Å². The summed E-state index contributed by atoms with van der Waals surface area (Å²) in [5.74, 6) is 0.222. The van der Waals surface area contributed by atoms with Gasteiger partial charge in [-0.25, -0.2) is 0 Å². The van der Waals surface area contributed by atoms with Crippen LogP contribution in [0, 0.1) is 12.8 Å².